The number of hydrogen-bond acceptors (Lipinski definition) is 1. The maximum Gasteiger partial charge on any atom is 0.119 e. The molecule has 0 spiro atoms. The molecule has 0 N–H and O–H groups in total. The van der Waals surface area contributed by atoms with E-state index in [1.165, 1.54) is 32.1 Å². The molecule has 0 saturated heterocycles. The Morgan fingerprint density at radius 2 is 1.28 bits per heavy atom. The van der Waals surface area contributed by atoms with Crippen molar-refractivity contribution in [2.24, 2.45) is 0 Å². The first kappa shape index (κ1) is 15.0. The Morgan fingerprint density at radius 1 is 0.722 bits per heavy atom. The highest BCUT2D eigenvalue weighted by atomic mass is 16.5. The van der Waals surface area contributed by atoms with E-state index in [1.54, 1.807) is 0 Å². The van der Waals surface area contributed by atoms with Gasteiger partial charge in [0, 0.05) is 0 Å². The zero-order chi connectivity index (χ0) is 12.9. The monoisotopic (exact) mass is 249 g/mol. The first-order valence-corrected chi connectivity index (χ1v) is 7.19. The highest BCUT2D eigenvalue weighted by Crippen LogP contribution is 2.11. The molecule has 1 aromatic carbocycles. The van der Waals surface area contributed by atoms with Crippen molar-refractivity contribution in [1.82, 2.24) is 0 Å². The number of ether oxygens (including phenoxy) is 1. The van der Waals surface area contributed by atoms with Gasteiger partial charge in [-0.15, -0.1) is 0 Å². The van der Waals surface area contributed by atoms with Crippen molar-refractivity contribution in [1.29, 1.82) is 0 Å². The van der Waals surface area contributed by atoms with Crippen LogP contribution in [-0.4, -0.2) is 13.2 Å². The number of hydrogen-bond donors (Lipinski definition) is 0. The zero-order valence-electron chi connectivity index (χ0n) is 11.3. The van der Waals surface area contributed by atoms with Gasteiger partial charge in [0.15, 0.2) is 0 Å². The Balaban J connectivity index is 1.82. The Hall–Kier alpha value is -1.02. The fourth-order valence-corrected chi connectivity index (χ4v) is 1.97. The van der Waals surface area contributed by atoms with Gasteiger partial charge in [0.2, 0.25) is 0 Å². The molecule has 1 rings (SSSR count). The predicted octanol–water partition coefficient (Wildman–Crippen LogP) is 4.62. The summed E-state index contributed by atoms with van der Waals surface area (Å²) in [5.41, 5.74) is 0. The highest BCUT2D eigenvalue weighted by molar-refractivity contribution is 5.20. The predicted molar refractivity (Wildman–Crippen MR) is 74.4 cm³/mol. The van der Waals surface area contributed by atoms with Crippen LogP contribution in [0.5, 0.6) is 5.75 Å². The second-order valence-electron chi connectivity index (χ2n) is 4.69. The largest absolute Gasteiger partial charge is 0.494 e. The van der Waals surface area contributed by atoms with Crippen LogP contribution in [0.2, 0.25) is 0 Å². The minimum atomic E-state index is 0.0941. The summed E-state index contributed by atoms with van der Waals surface area (Å²) >= 11 is 0. The van der Waals surface area contributed by atoms with Gasteiger partial charge in [-0.25, -0.2) is 5.11 Å². The van der Waals surface area contributed by atoms with Crippen LogP contribution in [0.3, 0.4) is 0 Å². The van der Waals surface area contributed by atoms with Gasteiger partial charge in [0.05, 0.1) is 13.2 Å². The van der Waals surface area contributed by atoms with Gasteiger partial charge in [0.1, 0.15) is 5.75 Å². The zero-order valence-corrected chi connectivity index (χ0v) is 11.3. The van der Waals surface area contributed by atoms with E-state index < -0.39 is 0 Å². The van der Waals surface area contributed by atoms with E-state index in [9.17, 15) is 5.11 Å². The first-order valence-electron chi connectivity index (χ1n) is 7.19. The third-order valence-electron chi connectivity index (χ3n) is 3.05. The molecule has 0 fully saturated rings. The normalized spacial score (nSPS) is 10.5. The van der Waals surface area contributed by atoms with E-state index in [1.807, 2.05) is 30.3 Å². The van der Waals surface area contributed by atoms with Crippen molar-refractivity contribution in [2.75, 3.05) is 13.2 Å². The van der Waals surface area contributed by atoms with Crippen LogP contribution >= 0.6 is 0 Å². The minimum absolute atomic E-state index is 0.0941. The molecule has 1 aromatic rings. The lowest BCUT2D eigenvalue weighted by atomic mass is 10.1. The van der Waals surface area contributed by atoms with Crippen LogP contribution in [0, 0.1) is 0 Å². The molecule has 0 aliphatic carbocycles. The summed E-state index contributed by atoms with van der Waals surface area (Å²) in [5, 5.41) is 10.2. The second kappa shape index (κ2) is 11.1. The lowest BCUT2D eigenvalue weighted by Gasteiger charge is -2.05. The number of unbranched alkanes of at least 4 members (excludes halogenated alkanes) is 7. The fourth-order valence-electron chi connectivity index (χ4n) is 1.97. The molecule has 2 nitrogen and oxygen atoms in total. The molecule has 0 aromatic heterocycles. The summed E-state index contributed by atoms with van der Waals surface area (Å²) in [6.45, 7) is 0.914. The van der Waals surface area contributed by atoms with E-state index >= 15 is 0 Å². The maximum atomic E-state index is 10.2. The summed E-state index contributed by atoms with van der Waals surface area (Å²) < 4.78 is 5.63. The average molecular weight is 249 g/mol. The molecule has 2 heteroatoms. The van der Waals surface area contributed by atoms with Crippen molar-refractivity contribution in [3.8, 4) is 5.75 Å². The molecule has 0 atom stereocenters. The van der Waals surface area contributed by atoms with E-state index in [-0.39, 0.29) is 6.61 Å². The molecule has 0 aliphatic rings. The van der Waals surface area contributed by atoms with Gasteiger partial charge in [-0.2, -0.15) is 0 Å². The molecule has 0 heterocycles. The third-order valence-corrected chi connectivity index (χ3v) is 3.05. The summed E-state index contributed by atoms with van der Waals surface area (Å²) in [6, 6.07) is 9.99. The summed E-state index contributed by atoms with van der Waals surface area (Å²) in [6.07, 6.45) is 9.43. The van der Waals surface area contributed by atoms with E-state index in [0.29, 0.717) is 0 Å². The van der Waals surface area contributed by atoms with Crippen molar-refractivity contribution < 1.29 is 9.84 Å². The average Bonchev–Trinajstić information content (AvgIpc) is 2.42. The van der Waals surface area contributed by atoms with E-state index in [4.69, 9.17) is 4.74 Å². The second-order valence-corrected chi connectivity index (χ2v) is 4.69. The third kappa shape index (κ3) is 8.13. The Labute approximate surface area is 111 Å². The number of para-hydroxylation sites is 1. The van der Waals surface area contributed by atoms with Crippen LogP contribution in [0.4, 0.5) is 0 Å². The molecule has 1 radical (unpaired) electrons. The standard InChI is InChI=1S/C16H25O2/c17-14-10-5-3-1-2-4-6-11-15-18-16-12-8-7-9-13-16/h7-9,12-13H,1-6,10-11,14-15H2. The lowest BCUT2D eigenvalue weighted by molar-refractivity contribution is 0.186. The Kier molecular flexibility index (Phi) is 9.27. The van der Waals surface area contributed by atoms with Crippen LogP contribution in [0.15, 0.2) is 30.3 Å². The topological polar surface area (TPSA) is 29.1 Å². The molecule has 0 bridgehead atoms. The van der Waals surface area contributed by atoms with Crippen LogP contribution in [0.1, 0.15) is 51.4 Å². The summed E-state index contributed by atoms with van der Waals surface area (Å²) in [7, 11) is 0. The van der Waals surface area contributed by atoms with Crippen molar-refractivity contribution in [3.05, 3.63) is 30.3 Å². The van der Waals surface area contributed by atoms with Crippen LogP contribution < -0.4 is 4.74 Å². The van der Waals surface area contributed by atoms with Crippen LogP contribution in [0.25, 0.3) is 0 Å². The minimum Gasteiger partial charge on any atom is -0.494 e. The van der Waals surface area contributed by atoms with Crippen molar-refractivity contribution >= 4 is 0 Å². The van der Waals surface area contributed by atoms with E-state index in [0.717, 1.165) is 31.6 Å². The van der Waals surface area contributed by atoms with Gasteiger partial charge in [-0.05, 0) is 25.0 Å². The summed E-state index contributed by atoms with van der Waals surface area (Å²) in [4.78, 5) is 0. The molecule has 0 amide bonds. The molecule has 0 saturated carbocycles. The quantitative estimate of drug-likeness (QED) is 0.526. The Bertz CT molecular complexity index is 272. The smallest absolute Gasteiger partial charge is 0.119 e. The molecule has 101 valence electrons. The molecule has 0 aliphatic heterocycles. The van der Waals surface area contributed by atoms with Gasteiger partial charge in [-0.1, -0.05) is 56.7 Å². The number of benzene rings is 1. The number of rotatable bonds is 11. The highest BCUT2D eigenvalue weighted by Gasteiger charge is 1.94. The van der Waals surface area contributed by atoms with Gasteiger partial charge in [-0.3, -0.25) is 0 Å². The first-order chi connectivity index (χ1) is 8.93. The van der Waals surface area contributed by atoms with Crippen molar-refractivity contribution in [3.63, 3.8) is 0 Å². The molecule has 0 unspecified atom stereocenters. The van der Waals surface area contributed by atoms with Gasteiger partial charge in [0.25, 0.3) is 0 Å². The molecular weight excluding hydrogens is 224 g/mol. The summed E-state index contributed by atoms with van der Waals surface area (Å²) in [5.74, 6) is 0.968. The molecular formula is C16H25O2. The lowest BCUT2D eigenvalue weighted by Crippen LogP contribution is -1.96. The Morgan fingerprint density at radius 3 is 1.89 bits per heavy atom. The SMILES string of the molecule is [O]CCCCCCCCCCOc1ccccc1. The fraction of sp³-hybridized carbons (Fsp3) is 0.625. The van der Waals surface area contributed by atoms with Crippen LogP contribution in [-0.2, 0) is 5.11 Å². The van der Waals surface area contributed by atoms with Gasteiger partial charge >= 0.3 is 0 Å². The maximum absolute atomic E-state index is 10.2. The molecule has 18 heavy (non-hydrogen) atoms. The van der Waals surface area contributed by atoms with Gasteiger partial charge < -0.3 is 4.74 Å². The van der Waals surface area contributed by atoms with Crippen molar-refractivity contribution in [2.45, 2.75) is 51.4 Å². The van der Waals surface area contributed by atoms with E-state index in [2.05, 4.69) is 0 Å².